The van der Waals surface area contributed by atoms with Gasteiger partial charge in [0.05, 0.1) is 5.60 Å². The van der Waals surface area contributed by atoms with Crippen LogP contribution in [0.3, 0.4) is 0 Å². The molecule has 4 nitrogen and oxygen atoms in total. The molecule has 15 heavy (non-hydrogen) atoms. The fourth-order valence-electron chi connectivity index (χ4n) is 1.21. The highest BCUT2D eigenvalue weighted by molar-refractivity contribution is 5.75. The molecule has 1 amide bonds. The van der Waals surface area contributed by atoms with Crippen molar-refractivity contribution >= 4 is 5.91 Å². The molecule has 0 heterocycles. The normalized spacial score (nSPS) is 13.7. The SMILES string of the molecule is CCC(O)(CC)CNC(=O)CCC(C)N. The molecule has 90 valence electrons. The van der Waals surface area contributed by atoms with Gasteiger partial charge < -0.3 is 16.2 Å². The van der Waals surface area contributed by atoms with Crippen LogP contribution < -0.4 is 11.1 Å². The van der Waals surface area contributed by atoms with Crippen molar-refractivity contribution < 1.29 is 9.90 Å². The molecule has 0 fully saturated rings. The summed E-state index contributed by atoms with van der Waals surface area (Å²) in [5.41, 5.74) is 4.79. The van der Waals surface area contributed by atoms with Gasteiger partial charge in [0.15, 0.2) is 0 Å². The van der Waals surface area contributed by atoms with Gasteiger partial charge in [0.1, 0.15) is 0 Å². The van der Waals surface area contributed by atoms with Crippen molar-refractivity contribution in [1.29, 1.82) is 0 Å². The number of nitrogens with one attached hydrogen (secondary N) is 1. The first-order valence-corrected chi connectivity index (χ1v) is 5.68. The van der Waals surface area contributed by atoms with Gasteiger partial charge in [-0.3, -0.25) is 4.79 Å². The largest absolute Gasteiger partial charge is 0.388 e. The maximum Gasteiger partial charge on any atom is 0.220 e. The molecule has 0 aliphatic heterocycles. The highest BCUT2D eigenvalue weighted by Crippen LogP contribution is 2.12. The fourth-order valence-corrected chi connectivity index (χ4v) is 1.21. The molecule has 0 bridgehead atoms. The van der Waals surface area contributed by atoms with Crippen molar-refractivity contribution in [2.45, 2.75) is 58.1 Å². The molecule has 0 saturated heterocycles. The molecule has 0 rings (SSSR count). The first-order chi connectivity index (χ1) is 6.93. The maximum atomic E-state index is 11.3. The lowest BCUT2D eigenvalue weighted by atomic mass is 9.97. The summed E-state index contributed by atoms with van der Waals surface area (Å²) in [6.07, 6.45) is 2.41. The quantitative estimate of drug-likeness (QED) is 0.588. The van der Waals surface area contributed by atoms with E-state index in [-0.39, 0.29) is 11.9 Å². The number of carbonyl (C=O) groups excluding carboxylic acids is 1. The molecule has 1 atom stereocenters. The van der Waals surface area contributed by atoms with Gasteiger partial charge in [0.2, 0.25) is 5.91 Å². The molecule has 0 aromatic heterocycles. The molecule has 0 spiro atoms. The third kappa shape index (κ3) is 6.47. The van der Waals surface area contributed by atoms with Gasteiger partial charge in [-0.15, -0.1) is 0 Å². The monoisotopic (exact) mass is 216 g/mol. The summed E-state index contributed by atoms with van der Waals surface area (Å²) in [5, 5.41) is 12.7. The number of nitrogens with two attached hydrogens (primary N) is 1. The Kier molecular flexibility index (Phi) is 6.52. The number of amides is 1. The third-order valence-corrected chi connectivity index (χ3v) is 2.76. The van der Waals surface area contributed by atoms with Crippen LogP contribution in [-0.2, 0) is 4.79 Å². The lowest BCUT2D eigenvalue weighted by Crippen LogP contribution is -2.42. The van der Waals surface area contributed by atoms with E-state index in [0.29, 0.717) is 32.2 Å². The Morgan fingerprint density at radius 3 is 2.40 bits per heavy atom. The topological polar surface area (TPSA) is 75.3 Å². The van der Waals surface area contributed by atoms with Gasteiger partial charge >= 0.3 is 0 Å². The van der Waals surface area contributed by atoms with Crippen molar-refractivity contribution in [3.05, 3.63) is 0 Å². The van der Waals surface area contributed by atoms with E-state index in [4.69, 9.17) is 5.73 Å². The van der Waals surface area contributed by atoms with Gasteiger partial charge in [-0.1, -0.05) is 13.8 Å². The van der Waals surface area contributed by atoms with E-state index >= 15 is 0 Å². The Hall–Kier alpha value is -0.610. The third-order valence-electron chi connectivity index (χ3n) is 2.76. The Bertz CT molecular complexity index is 189. The second-order valence-electron chi connectivity index (χ2n) is 4.22. The summed E-state index contributed by atoms with van der Waals surface area (Å²) in [5.74, 6) is -0.0346. The average Bonchev–Trinajstić information content (AvgIpc) is 2.23. The fraction of sp³-hybridized carbons (Fsp3) is 0.909. The lowest BCUT2D eigenvalue weighted by molar-refractivity contribution is -0.122. The first kappa shape index (κ1) is 14.4. The highest BCUT2D eigenvalue weighted by Gasteiger charge is 2.22. The van der Waals surface area contributed by atoms with Crippen LogP contribution in [0, 0.1) is 0 Å². The van der Waals surface area contributed by atoms with E-state index in [1.54, 1.807) is 0 Å². The molecule has 4 heteroatoms. The van der Waals surface area contributed by atoms with Crippen LogP contribution in [0.5, 0.6) is 0 Å². The molecular formula is C11H24N2O2. The predicted molar refractivity (Wildman–Crippen MR) is 61.4 cm³/mol. The van der Waals surface area contributed by atoms with E-state index in [0.717, 1.165) is 0 Å². The molecule has 0 aromatic carbocycles. The summed E-state index contributed by atoms with van der Waals surface area (Å²) in [6.45, 7) is 6.04. The minimum atomic E-state index is -0.760. The van der Waals surface area contributed by atoms with Crippen molar-refractivity contribution in [1.82, 2.24) is 5.32 Å². The molecule has 4 N–H and O–H groups in total. The number of carbonyl (C=O) groups is 1. The van der Waals surface area contributed by atoms with Crippen LogP contribution in [0.25, 0.3) is 0 Å². The van der Waals surface area contributed by atoms with Crippen molar-refractivity contribution in [2.24, 2.45) is 5.73 Å². The Morgan fingerprint density at radius 1 is 1.47 bits per heavy atom. The van der Waals surface area contributed by atoms with Crippen LogP contribution in [0.2, 0.25) is 0 Å². The molecule has 1 unspecified atom stereocenters. The van der Waals surface area contributed by atoms with Crippen LogP contribution in [0.4, 0.5) is 0 Å². The minimum Gasteiger partial charge on any atom is -0.388 e. The average molecular weight is 216 g/mol. The number of rotatable bonds is 7. The second kappa shape index (κ2) is 6.80. The van der Waals surface area contributed by atoms with Crippen molar-refractivity contribution in [3.63, 3.8) is 0 Å². The standard InChI is InChI=1S/C11H24N2O2/c1-4-11(15,5-2)8-13-10(14)7-6-9(3)12/h9,15H,4-8,12H2,1-3H3,(H,13,14). The van der Waals surface area contributed by atoms with Crippen LogP contribution in [0.1, 0.15) is 46.5 Å². The van der Waals surface area contributed by atoms with E-state index in [1.165, 1.54) is 0 Å². The van der Waals surface area contributed by atoms with E-state index in [2.05, 4.69) is 5.32 Å². The van der Waals surface area contributed by atoms with Crippen LogP contribution >= 0.6 is 0 Å². The molecule has 0 aromatic rings. The zero-order valence-corrected chi connectivity index (χ0v) is 10.0. The lowest BCUT2D eigenvalue weighted by Gasteiger charge is -2.25. The van der Waals surface area contributed by atoms with Crippen LogP contribution in [-0.4, -0.2) is 29.2 Å². The molecule has 0 aliphatic rings. The predicted octanol–water partition coefficient (Wildman–Crippen LogP) is 0.781. The van der Waals surface area contributed by atoms with E-state index in [9.17, 15) is 9.90 Å². The van der Waals surface area contributed by atoms with Gasteiger partial charge in [-0.05, 0) is 26.2 Å². The number of hydrogen-bond acceptors (Lipinski definition) is 3. The van der Waals surface area contributed by atoms with Crippen molar-refractivity contribution in [2.75, 3.05) is 6.54 Å². The van der Waals surface area contributed by atoms with Gasteiger partial charge in [0, 0.05) is 19.0 Å². The summed E-state index contributed by atoms with van der Waals surface area (Å²) < 4.78 is 0. The van der Waals surface area contributed by atoms with Gasteiger partial charge in [-0.2, -0.15) is 0 Å². The number of hydrogen-bond donors (Lipinski definition) is 3. The van der Waals surface area contributed by atoms with E-state index in [1.807, 2.05) is 20.8 Å². The molecular weight excluding hydrogens is 192 g/mol. The smallest absolute Gasteiger partial charge is 0.220 e. The second-order valence-corrected chi connectivity index (χ2v) is 4.22. The Labute approximate surface area is 92.2 Å². The van der Waals surface area contributed by atoms with Crippen LogP contribution in [0.15, 0.2) is 0 Å². The first-order valence-electron chi connectivity index (χ1n) is 5.68. The summed E-state index contributed by atoms with van der Waals surface area (Å²) in [7, 11) is 0. The summed E-state index contributed by atoms with van der Waals surface area (Å²) in [4.78, 5) is 11.3. The summed E-state index contributed by atoms with van der Waals surface area (Å²) in [6, 6.07) is 0.0481. The van der Waals surface area contributed by atoms with Gasteiger partial charge in [-0.25, -0.2) is 0 Å². The van der Waals surface area contributed by atoms with E-state index < -0.39 is 5.60 Å². The zero-order chi connectivity index (χ0) is 11.9. The zero-order valence-electron chi connectivity index (χ0n) is 10.0. The Morgan fingerprint density at radius 2 is 2.00 bits per heavy atom. The number of aliphatic hydroxyl groups is 1. The molecule has 0 saturated carbocycles. The highest BCUT2D eigenvalue weighted by atomic mass is 16.3. The Balaban J connectivity index is 3.79. The molecule has 0 radical (unpaired) electrons. The summed E-state index contributed by atoms with van der Waals surface area (Å²) >= 11 is 0. The minimum absolute atomic E-state index is 0.0346. The molecule has 0 aliphatic carbocycles. The maximum absolute atomic E-state index is 11.3. The van der Waals surface area contributed by atoms with Crippen molar-refractivity contribution in [3.8, 4) is 0 Å². The van der Waals surface area contributed by atoms with Gasteiger partial charge in [0.25, 0.3) is 0 Å².